The molecular weight excluding hydrogens is 262 g/mol. The van der Waals surface area contributed by atoms with Crippen LogP contribution in [0.2, 0.25) is 0 Å². The Morgan fingerprint density at radius 2 is 2.26 bits per heavy atom. The van der Waals surface area contributed by atoms with Gasteiger partial charge in [0.15, 0.2) is 5.82 Å². The molecule has 0 spiro atoms. The Hall–Kier alpha value is -1.05. The molecule has 1 atom stereocenters. The smallest absolute Gasteiger partial charge is 0.234 e. The molecule has 2 N–H and O–H groups in total. The van der Waals surface area contributed by atoms with E-state index in [-0.39, 0.29) is 11.5 Å². The van der Waals surface area contributed by atoms with Gasteiger partial charge in [0.25, 0.3) is 0 Å². The van der Waals surface area contributed by atoms with Gasteiger partial charge in [-0.1, -0.05) is 17.8 Å². The van der Waals surface area contributed by atoms with Gasteiger partial charge >= 0.3 is 0 Å². The Morgan fingerprint density at radius 3 is 2.89 bits per heavy atom. The lowest BCUT2D eigenvalue weighted by atomic mass is 9.69. The van der Waals surface area contributed by atoms with Crippen molar-refractivity contribution in [2.45, 2.75) is 43.6 Å². The average molecular weight is 279 g/mol. The van der Waals surface area contributed by atoms with Crippen LogP contribution in [-0.2, 0) is 10.2 Å². The number of nitrogens with two attached hydrogens (primary N) is 1. The van der Waals surface area contributed by atoms with Crippen molar-refractivity contribution < 1.29 is 4.74 Å². The van der Waals surface area contributed by atoms with Crippen LogP contribution in [-0.4, -0.2) is 33.0 Å². The highest BCUT2D eigenvalue weighted by molar-refractivity contribution is 7.16. The maximum Gasteiger partial charge on any atom is 0.234 e. The van der Waals surface area contributed by atoms with Crippen molar-refractivity contribution in [3.8, 4) is 0 Å². The van der Waals surface area contributed by atoms with Crippen molar-refractivity contribution in [2.24, 2.45) is 5.73 Å². The van der Waals surface area contributed by atoms with Gasteiger partial charge in [0.1, 0.15) is 11.1 Å². The quantitative estimate of drug-likeness (QED) is 0.919. The molecule has 1 saturated carbocycles. The van der Waals surface area contributed by atoms with Gasteiger partial charge in [-0.3, -0.25) is 0 Å². The summed E-state index contributed by atoms with van der Waals surface area (Å²) in [5.74, 6) is 0.849. The summed E-state index contributed by atoms with van der Waals surface area (Å²) in [6, 6.07) is 0. The van der Waals surface area contributed by atoms with Gasteiger partial charge < -0.3 is 10.5 Å². The van der Waals surface area contributed by atoms with Gasteiger partial charge in [0, 0.05) is 18.6 Å². The summed E-state index contributed by atoms with van der Waals surface area (Å²) in [6.45, 7) is 1.48. The molecule has 6 nitrogen and oxygen atoms in total. The van der Waals surface area contributed by atoms with E-state index in [1.807, 2.05) is 4.52 Å². The Morgan fingerprint density at radius 1 is 1.37 bits per heavy atom. The SMILES string of the molecule is NCC1(c2nn3c(C4CCCO4)nnc3s2)CCC1. The molecule has 102 valence electrons. The van der Waals surface area contributed by atoms with Crippen molar-refractivity contribution >= 4 is 16.3 Å². The minimum absolute atomic E-state index is 0.0557. The van der Waals surface area contributed by atoms with Crippen LogP contribution in [0.3, 0.4) is 0 Å². The average Bonchev–Trinajstić information content (AvgIpc) is 3.02. The first kappa shape index (κ1) is 11.7. The Kier molecular flexibility index (Phi) is 2.61. The van der Waals surface area contributed by atoms with Crippen LogP contribution in [0.5, 0.6) is 0 Å². The van der Waals surface area contributed by atoms with E-state index in [0.29, 0.717) is 6.54 Å². The van der Waals surface area contributed by atoms with Gasteiger partial charge in [0.2, 0.25) is 4.96 Å². The molecule has 2 aromatic heterocycles. The third kappa shape index (κ3) is 1.65. The molecule has 0 radical (unpaired) electrons. The zero-order valence-corrected chi connectivity index (χ0v) is 11.5. The van der Waals surface area contributed by atoms with E-state index in [1.165, 1.54) is 6.42 Å². The molecule has 0 bridgehead atoms. The summed E-state index contributed by atoms with van der Waals surface area (Å²) < 4.78 is 7.55. The van der Waals surface area contributed by atoms with Crippen molar-refractivity contribution in [1.82, 2.24) is 19.8 Å². The summed E-state index contributed by atoms with van der Waals surface area (Å²) >= 11 is 1.63. The number of rotatable bonds is 3. The van der Waals surface area contributed by atoms with Crippen molar-refractivity contribution in [3.05, 3.63) is 10.8 Å². The summed E-state index contributed by atoms with van der Waals surface area (Å²) in [7, 11) is 0. The maximum absolute atomic E-state index is 5.95. The molecule has 2 aliphatic rings. The molecule has 0 aromatic carbocycles. The summed E-state index contributed by atoms with van der Waals surface area (Å²) in [5.41, 5.74) is 6.04. The van der Waals surface area contributed by atoms with E-state index >= 15 is 0 Å². The highest BCUT2D eigenvalue weighted by Crippen LogP contribution is 2.44. The first-order valence-corrected chi connectivity index (χ1v) is 7.68. The van der Waals surface area contributed by atoms with Crippen LogP contribution in [0.1, 0.15) is 49.0 Å². The molecule has 1 saturated heterocycles. The molecule has 4 rings (SSSR count). The summed E-state index contributed by atoms with van der Waals surface area (Å²) in [4.78, 5) is 0.861. The zero-order valence-electron chi connectivity index (χ0n) is 10.7. The Labute approximate surface area is 115 Å². The fraction of sp³-hybridized carbons (Fsp3) is 0.750. The van der Waals surface area contributed by atoms with Gasteiger partial charge in [-0.2, -0.15) is 9.61 Å². The molecule has 7 heteroatoms. The van der Waals surface area contributed by atoms with Crippen LogP contribution in [0.15, 0.2) is 0 Å². The highest BCUT2D eigenvalue weighted by atomic mass is 32.1. The molecule has 3 heterocycles. The molecule has 1 aliphatic heterocycles. The number of fused-ring (bicyclic) bond motifs is 1. The van der Waals surface area contributed by atoms with Gasteiger partial charge in [-0.05, 0) is 25.7 Å². The molecule has 2 aromatic rings. The lowest BCUT2D eigenvalue weighted by Crippen LogP contribution is -2.41. The number of ether oxygens (including phenoxy) is 1. The molecule has 19 heavy (non-hydrogen) atoms. The molecule has 1 aliphatic carbocycles. The molecular formula is C12H17N5OS. The van der Waals surface area contributed by atoms with Gasteiger partial charge in [-0.25, -0.2) is 0 Å². The van der Waals surface area contributed by atoms with Crippen LogP contribution in [0.25, 0.3) is 4.96 Å². The lowest BCUT2D eigenvalue weighted by Gasteiger charge is -2.38. The van der Waals surface area contributed by atoms with E-state index in [0.717, 1.165) is 48.1 Å². The first-order valence-electron chi connectivity index (χ1n) is 6.87. The molecule has 2 fully saturated rings. The predicted octanol–water partition coefficient (Wildman–Crippen LogP) is 1.42. The standard InChI is InChI=1S/C12H17N5OS/c13-7-12(4-2-5-12)10-16-17-9(8-3-1-6-18-8)14-15-11(17)19-10/h8H,1-7,13H2. The van der Waals surface area contributed by atoms with E-state index in [2.05, 4.69) is 10.2 Å². The molecule has 0 amide bonds. The van der Waals surface area contributed by atoms with E-state index < -0.39 is 0 Å². The number of nitrogens with zero attached hydrogens (tertiary/aromatic N) is 4. The summed E-state index contributed by atoms with van der Waals surface area (Å²) in [5, 5.41) is 14.3. The Balaban J connectivity index is 1.75. The fourth-order valence-electron chi connectivity index (χ4n) is 2.94. The predicted molar refractivity (Wildman–Crippen MR) is 71.2 cm³/mol. The second kappa shape index (κ2) is 4.22. The van der Waals surface area contributed by atoms with Gasteiger partial charge in [0.05, 0.1) is 0 Å². The van der Waals surface area contributed by atoms with E-state index in [1.54, 1.807) is 11.3 Å². The maximum atomic E-state index is 5.95. The van der Waals surface area contributed by atoms with Crippen molar-refractivity contribution in [1.29, 1.82) is 0 Å². The minimum Gasteiger partial charge on any atom is -0.370 e. The topological polar surface area (TPSA) is 78.3 Å². The van der Waals surface area contributed by atoms with Crippen molar-refractivity contribution in [2.75, 3.05) is 13.2 Å². The first-order chi connectivity index (χ1) is 9.32. The van der Waals surface area contributed by atoms with Crippen molar-refractivity contribution in [3.63, 3.8) is 0 Å². The second-order valence-corrected chi connectivity index (χ2v) is 6.46. The third-order valence-corrected chi connectivity index (χ3v) is 5.53. The number of hydrogen-bond acceptors (Lipinski definition) is 6. The number of hydrogen-bond donors (Lipinski definition) is 1. The van der Waals surface area contributed by atoms with Crippen LogP contribution in [0.4, 0.5) is 0 Å². The zero-order chi connectivity index (χ0) is 12.9. The monoisotopic (exact) mass is 279 g/mol. The fourth-order valence-corrected chi connectivity index (χ4v) is 4.04. The van der Waals surface area contributed by atoms with E-state index in [4.69, 9.17) is 15.6 Å². The third-order valence-electron chi connectivity index (χ3n) is 4.39. The Bertz CT molecular complexity index is 591. The second-order valence-electron chi connectivity index (χ2n) is 5.50. The summed E-state index contributed by atoms with van der Waals surface area (Å²) in [6.07, 6.45) is 5.68. The lowest BCUT2D eigenvalue weighted by molar-refractivity contribution is 0.103. The van der Waals surface area contributed by atoms with Crippen LogP contribution >= 0.6 is 11.3 Å². The van der Waals surface area contributed by atoms with E-state index in [9.17, 15) is 0 Å². The van der Waals surface area contributed by atoms with Crippen LogP contribution in [0, 0.1) is 0 Å². The minimum atomic E-state index is 0.0557. The van der Waals surface area contributed by atoms with Gasteiger partial charge in [-0.15, -0.1) is 10.2 Å². The van der Waals surface area contributed by atoms with Crippen LogP contribution < -0.4 is 5.73 Å². The number of aromatic nitrogens is 4. The normalized spacial score (nSPS) is 25.8. The highest BCUT2D eigenvalue weighted by Gasteiger charge is 2.41. The largest absolute Gasteiger partial charge is 0.370 e. The molecule has 1 unspecified atom stereocenters.